The smallest absolute Gasteiger partial charge is 0.324 e. The van der Waals surface area contributed by atoms with Gasteiger partial charge in [0.1, 0.15) is 17.6 Å². The number of anilines is 2. The molecule has 0 atom stereocenters. The van der Waals surface area contributed by atoms with Crippen LogP contribution in [0.5, 0.6) is 0 Å². The van der Waals surface area contributed by atoms with Crippen LogP contribution in [-0.2, 0) is 25.2 Å². The fourth-order valence-corrected chi connectivity index (χ4v) is 4.23. The molecule has 12 heteroatoms. The summed E-state index contributed by atoms with van der Waals surface area (Å²) in [5, 5.41) is 6.27. The summed E-state index contributed by atoms with van der Waals surface area (Å²) in [6.45, 7) is 2.64. The maximum atomic E-state index is 14.6. The lowest BCUT2D eigenvalue weighted by atomic mass is 10.0. The monoisotopic (exact) mass is 501 g/mol. The molecule has 1 aromatic carbocycles. The number of alkyl halides is 4. The van der Waals surface area contributed by atoms with Crippen LogP contribution in [0, 0.1) is 0 Å². The van der Waals surface area contributed by atoms with Gasteiger partial charge < -0.3 is 10.6 Å². The fraction of sp³-hybridized carbons (Fsp3) is 0.333. The van der Waals surface area contributed by atoms with Crippen molar-refractivity contribution in [2.75, 3.05) is 11.9 Å². The Morgan fingerprint density at radius 3 is 2.64 bits per heavy atom. The third kappa shape index (κ3) is 4.68. The van der Waals surface area contributed by atoms with Gasteiger partial charge in [0, 0.05) is 24.6 Å². The zero-order chi connectivity index (χ0) is 25.7. The highest BCUT2D eigenvalue weighted by atomic mass is 19.4. The van der Waals surface area contributed by atoms with Crippen LogP contribution in [0.2, 0.25) is 0 Å². The first-order valence-corrected chi connectivity index (χ1v) is 11.3. The largest absolute Gasteiger partial charge is 0.408 e. The van der Waals surface area contributed by atoms with Crippen molar-refractivity contribution in [3.8, 4) is 5.69 Å². The van der Waals surface area contributed by atoms with E-state index in [1.54, 1.807) is 0 Å². The van der Waals surface area contributed by atoms with E-state index in [-0.39, 0.29) is 28.4 Å². The second-order valence-corrected chi connectivity index (χ2v) is 9.13. The molecule has 0 amide bonds. The first kappa shape index (κ1) is 23.9. The molecule has 2 N–H and O–H groups in total. The molecular formula is C24H23F4N7O. The number of pyridine rings is 1. The number of halogens is 4. The van der Waals surface area contributed by atoms with Gasteiger partial charge in [-0.2, -0.15) is 18.2 Å². The summed E-state index contributed by atoms with van der Waals surface area (Å²) in [6, 6.07) is 8.53. The molecule has 36 heavy (non-hydrogen) atoms. The maximum absolute atomic E-state index is 14.6. The van der Waals surface area contributed by atoms with Crippen LogP contribution in [-0.4, -0.2) is 37.0 Å². The van der Waals surface area contributed by atoms with E-state index in [9.17, 15) is 22.4 Å². The number of nitrogens with zero attached hydrogens (tertiary/aromatic N) is 5. The topological polar surface area (TPSA) is 89.7 Å². The number of hydrogen-bond acceptors (Lipinski definition) is 6. The van der Waals surface area contributed by atoms with Gasteiger partial charge in [0.25, 0.3) is 5.56 Å². The summed E-state index contributed by atoms with van der Waals surface area (Å²) in [7, 11) is 0. The quantitative estimate of drug-likeness (QED) is 0.400. The Bertz CT molecular complexity index is 1500. The van der Waals surface area contributed by atoms with Crippen LogP contribution in [0.4, 0.5) is 29.2 Å². The SMILES string of the molecule is CC(C)(F)c1cc(-n2c3nc(Nc4ccc5c(c4)CNCC5)ncc3c(=O)n2CC(F)(F)F)ccn1. The molecule has 5 rings (SSSR count). The lowest BCUT2D eigenvalue weighted by Crippen LogP contribution is -2.30. The molecule has 0 spiro atoms. The molecule has 1 aliphatic rings. The van der Waals surface area contributed by atoms with Gasteiger partial charge in [-0.1, -0.05) is 6.07 Å². The van der Waals surface area contributed by atoms with E-state index in [4.69, 9.17) is 0 Å². The predicted octanol–water partition coefficient (Wildman–Crippen LogP) is 4.13. The molecule has 3 aromatic heterocycles. The third-order valence-electron chi connectivity index (χ3n) is 5.95. The Balaban J connectivity index is 1.64. The Kier molecular flexibility index (Phi) is 5.78. The van der Waals surface area contributed by atoms with Crippen LogP contribution in [0.25, 0.3) is 16.7 Å². The first-order valence-electron chi connectivity index (χ1n) is 11.3. The molecule has 188 valence electrons. The van der Waals surface area contributed by atoms with Gasteiger partial charge in [-0.15, -0.1) is 0 Å². The van der Waals surface area contributed by atoms with Crippen molar-refractivity contribution in [1.29, 1.82) is 0 Å². The summed E-state index contributed by atoms with van der Waals surface area (Å²) < 4.78 is 56.4. The van der Waals surface area contributed by atoms with Gasteiger partial charge in [0.05, 0.1) is 11.4 Å². The van der Waals surface area contributed by atoms with Crippen LogP contribution < -0.4 is 16.2 Å². The second-order valence-electron chi connectivity index (χ2n) is 9.13. The van der Waals surface area contributed by atoms with E-state index in [1.165, 1.54) is 43.9 Å². The highest BCUT2D eigenvalue weighted by Gasteiger charge is 2.32. The lowest BCUT2D eigenvalue weighted by molar-refractivity contribution is -0.144. The highest BCUT2D eigenvalue weighted by Crippen LogP contribution is 2.27. The van der Waals surface area contributed by atoms with Crippen molar-refractivity contribution in [2.24, 2.45) is 0 Å². The Labute approximate surface area is 203 Å². The summed E-state index contributed by atoms with van der Waals surface area (Å²) in [5.74, 6) is 0.101. The molecule has 4 heterocycles. The molecule has 0 bridgehead atoms. The van der Waals surface area contributed by atoms with E-state index in [0.29, 0.717) is 10.4 Å². The number of fused-ring (bicyclic) bond motifs is 2. The molecule has 0 saturated carbocycles. The van der Waals surface area contributed by atoms with E-state index in [0.717, 1.165) is 29.8 Å². The van der Waals surface area contributed by atoms with Gasteiger partial charge in [-0.05, 0) is 62.2 Å². The van der Waals surface area contributed by atoms with E-state index in [1.807, 2.05) is 18.2 Å². The Morgan fingerprint density at radius 2 is 1.89 bits per heavy atom. The van der Waals surface area contributed by atoms with Gasteiger partial charge in [0.15, 0.2) is 5.65 Å². The minimum atomic E-state index is -4.68. The first-order chi connectivity index (χ1) is 17.0. The summed E-state index contributed by atoms with van der Waals surface area (Å²) >= 11 is 0. The Hall–Kier alpha value is -3.80. The van der Waals surface area contributed by atoms with Crippen molar-refractivity contribution < 1.29 is 17.6 Å². The molecular weight excluding hydrogens is 478 g/mol. The standard InChI is InChI=1S/C24H23F4N7O/c1-23(2,25)19-10-17(6-8-30-19)35-20-18(21(36)34(35)13-24(26,27)28)12-31-22(33-20)32-16-4-3-14-5-7-29-11-15(14)9-16/h3-4,6,8-10,12,29H,5,7,11,13H2,1-2H3,(H,31,32,33). The molecule has 0 radical (unpaired) electrons. The number of rotatable bonds is 5. The van der Waals surface area contributed by atoms with Gasteiger partial charge in [-0.25, -0.2) is 18.7 Å². The van der Waals surface area contributed by atoms with Crippen LogP contribution >= 0.6 is 0 Å². The zero-order valence-electron chi connectivity index (χ0n) is 19.5. The van der Waals surface area contributed by atoms with Crippen LogP contribution in [0.3, 0.4) is 0 Å². The minimum Gasteiger partial charge on any atom is -0.324 e. The molecule has 0 aliphatic carbocycles. The molecule has 8 nitrogen and oxygen atoms in total. The molecule has 0 saturated heterocycles. The summed E-state index contributed by atoms with van der Waals surface area (Å²) in [6.07, 6.45) is -1.29. The third-order valence-corrected chi connectivity index (χ3v) is 5.95. The van der Waals surface area contributed by atoms with Crippen molar-refractivity contribution in [2.45, 2.75) is 45.2 Å². The fourth-order valence-electron chi connectivity index (χ4n) is 4.23. The molecule has 4 aromatic rings. The van der Waals surface area contributed by atoms with Gasteiger partial charge >= 0.3 is 6.18 Å². The second kappa shape index (κ2) is 8.70. The van der Waals surface area contributed by atoms with E-state index >= 15 is 0 Å². The predicted molar refractivity (Wildman–Crippen MR) is 126 cm³/mol. The van der Waals surface area contributed by atoms with E-state index in [2.05, 4.69) is 25.6 Å². The molecule has 1 aliphatic heterocycles. The number of nitrogens with one attached hydrogen (secondary N) is 2. The molecule has 0 unspecified atom stereocenters. The summed E-state index contributed by atoms with van der Waals surface area (Å²) in [5.41, 5.74) is 0.371. The molecule has 0 fully saturated rings. The normalized spacial score (nSPS) is 14.2. The van der Waals surface area contributed by atoms with Crippen LogP contribution in [0.1, 0.15) is 30.7 Å². The van der Waals surface area contributed by atoms with Crippen molar-refractivity contribution in [1.82, 2.24) is 29.6 Å². The lowest BCUT2D eigenvalue weighted by Gasteiger charge is -2.18. The zero-order valence-corrected chi connectivity index (χ0v) is 19.5. The average Bonchev–Trinajstić information content (AvgIpc) is 3.08. The van der Waals surface area contributed by atoms with Crippen molar-refractivity contribution in [3.05, 3.63) is 69.9 Å². The van der Waals surface area contributed by atoms with Gasteiger partial charge in [-0.3, -0.25) is 9.78 Å². The highest BCUT2D eigenvalue weighted by molar-refractivity contribution is 5.77. The van der Waals surface area contributed by atoms with E-state index < -0.39 is 23.9 Å². The number of benzene rings is 1. The average molecular weight is 501 g/mol. The van der Waals surface area contributed by atoms with Crippen molar-refractivity contribution >= 4 is 22.7 Å². The minimum absolute atomic E-state index is 0.00271. The maximum Gasteiger partial charge on any atom is 0.408 e. The number of hydrogen-bond donors (Lipinski definition) is 2. The van der Waals surface area contributed by atoms with Crippen molar-refractivity contribution in [3.63, 3.8) is 0 Å². The summed E-state index contributed by atoms with van der Waals surface area (Å²) in [4.78, 5) is 25.5. The van der Waals surface area contributed by atoms with Crippen LogP contribution in [0.15, 0.2) is 47.5 Å². The van der Waals surface area contributed by atoms with Gasteiger partial charge in [0.2, 0.25) is 5.95 Å². The Morgan fingerprint density at radius 1 is 1.08 bits per heavy atom. The number of aromatic nitrogens is 5.